The van der Waals surface area contributed by atoms with E-state index < -0.39 is 0 Å². The number of carbonyl (C=O) groups is 1. The normalized spacial score (nSPS) is 17.7. The fraction of sp³-hybridized carbons (Fsp3) is 0.391. The highest BCUT2D eigenvalue weighted by atomic mass is 32.1. The van der Waals surface area contributed by atoms with Crippen molar-refractivity contribution in [2.24, 2.45) is 0 Å². The standard InChI is InChI=1S/C23H26N4OS2/c1-26-10-12-27(13-11-26)22-20(17-8-5-9-17)24-23(30-22)25-21(28)19-14-18(15-29-19)16-6-3-2-4-7-16/h2-4,6-7,14-15,17H,5,8-13H2,1H3,(H,24,25,28). The van der Waals surface area contributed by atoms with Crippen molar-refractivity contribution in [1.82, 2.24) is 9.88 Å². The lowest BCUT2D eigenvalue weighted by Gasteiger charge is -2.35. The zero-order valence-electron chi connectivity index (χ0n) is 17.1. The Morgan fingerprint density at radius 1 is 1.10 bits per heavy atom. The molecule has 1 amide bonds. The molecular weight excluding hydrogens is 412 g/mol. The Kier molecular flexibility index (Phi) is 5.58. The van der Waals surface area contributed by atoms with E-state index >= 15 is 0 Å². The van der Waals surface area contributed by atoms with Gasteiger partial charge >= 0.3 is 0 Å². The van der Waals surface area contributed by atoms with E-state index in [1.165, 1.54) is 41.3 Å². The molecule has 5 nitrogen and oxygen atoms in total. The molecule has 0 bridgehead atoms. The summed E-state index contributed by atoms with van der Waals surface area (Å²) in [4.78, 5) is 23.3. The number of piperazine rings is 1. The summed E-state index contributed by atoms with van der Waals surface area (Å²) >= 11 is 3.12. The first-order chi connectivity index (χ1) is 14.7. The Labute approximate surface area is 185 Å². The predicted octanol–water partition coefficient (Wildman–Crippen LogP) is 5.14. The first kappa shape index (κ1) is 19.7. The van der Waals surface area contributed by atoms with Crippen molar-refractivity contribution in [2.45, 2.75) is 25.2 Å². The Morgan fingerprint density at radius 3 is 2.57 bits per heavy atom. The summed E-state index contributed by atoms with van der Waals surface area (Å²) in [7, 11) is 2.17. The van der Waals surface area contributed by atoms with Crippen LogP contribution in [0.25, 0.3) is 11.1 Å². The Hall–Kier alpha value is -2.22. The van der Waals surface area contributed by atoms with E-state index in [9.17, 15) is 4.79 Å². The molecule has 0 radical (unpaired) electrons. The molecule has 30 heavy (non-hydrogen) atoms. The number of nitrogens with zero attached hydrogens (tertiary/aromatic N) is 3. The van der Waals surface area contributed by atoms with E-state index in [4.69, 9.17) is 4.98 Å². The van der Waals surface area contributed by atoms with Crippen LogP contribution in [0.3, 0.4) is 0 Å². The molecule has 2 fully saturated rings. The third kappa shape index (κ3) is 4.02. The summed E-state index contributed by atoms with van der Waals surface area (Å²) in [5, 5.41) is 7.11. The third-order valence-corrected chi connectivity index (χ3v) is 8.04. The SMILES string of the molecule is CN1CCN(c2sc(NC(=O)c3cc(-c4ccccc4)cs3)nc2C2CCC2)CC1. The number of hydrogen-bond acceptors (Lipinski definition) is 6. The van der Waals surface area contributed by atoms with Crippen molar-refractivity contribution in [3.63, 3.8) is 0 Å². The van der Waals surface area contributed by atoms with Crippen LogP contribution >= 0.6 is 22.7 Å². The van der Waals surface area contributed by atoms with E-state index in [1.54, 1.807) is 11.3 Å². The molecule has 5 rings (SSSR count). The topological polar surface area (TPSA) is 48.5 Å². The summed E-state index contributed by atoms with van der Waals surface area (Å²) in [5.41, 5.74) is 3.41. The Bertz CT molecular complexity index is 1020. The van der Waals surface area contributed by atoms with Gasteiger partial charge < -0.3 is 9.80 Å². The second kappa shape index (κ2) is 8.49. The lowest BCUT2D eigenvalue weighted by Crippen LogP contribution is -2.44. The highest BCUT2D eigenvalue weighted by Gasteiger charge is 2.30. The second-order valence-corrected chi connectivity index (χ2v) is 10.0. The highest BCUT2D eigenvalue weighted by Crippen LogP contribution is 2.44. The molecule has 3 heterocycles. The quantitative estimate of drug-likeness (QED) is 0.599. The van der Waals surface area contributed by atoms with Crippen LogP contribution < -0.4 is 10.2 Å². The maximum Gasteiger partial charge on any atom is 0.267 e. The average molecular weight is 439 g/mol. The summed E-state index contributed by atoms with van der Waals surface area (Å²) in [5.74, 6) is 0.481. The molecule has 0 atom stereocenters. The molecular formula is C23H26N4OS2. The summed E-state index contributed by atoms with van der Waals surface area (Å²) in [6, 6.07) is 12.1. The van der Waals surface area contributed by atoms with E-state index in [-0.39, 0.29) is 5.91 Å². The van der Waals surface area contributed by atoms with Gasteiger partial charge in [-0.2, -0.15) is 0 Å². The number of thiazole rings is 1. The van der Waals surface area contributed by atoms with Crippen LogP contribution in [0.2, 0.25) is 0 Å². The highest BCUT2D eigenvalue weighted by molar-refractivity contribution is 7.20. The molecule has 1 N–H and O–H groups in total. The fourth-order valence-corrected chi connectivity index (χ4v) is 5.87. The first-order valence-electron chi connectivity index (χ1n) is 10.6. The molecule has 1 aliphatic heterocycles. The van der Waals surface area contributed by atoms with Gasteiger partial charge in [0.05, 0.1) is 10.6 Å². The van der Waals surface area contributed by atoms with E-state index in [2.05, 4.69) is 34.3 Å². The third-order valence-electron chi connectivity index (χ3n) is 6.07. The minimum atomic E-state index is -0.0685. The number of nitrogens with one attached hydrogen (secondary N) is 1. The Balaban J connectivity index is 1.34. The van der Waals surface area contributed by atoms with Gasteiger partial charge in [-0.1, -0.05) is 48.1 Å². The maximum absolute atomic E-state index is 12.9. The van der Waals surface area contributed by atoms with Gasteiger partial charge in [0.2, 0.25) is 0 Å². The molecule has 1 aliphatic carbocycles. The molecule has 2 aromatic heterocycles. The van der Waals surface area contributed by atoms with Crippen molar-refractivity contribution in [1.29, 1.82) is 0 Å². The van der Waals surface area contributed by atoms with Crippen LogP contribution in [0.1, 0.15) is 40.5 Å². The van der Waals surface area contributed by atoms with Gasteiger partial charge in [0.1, 0.15) is 5.00 Å². The molecule has 1 saturated carbocycles. The molecule has 1 saturated heterocycles. The van der Waals surface area contributed by atoms with Crippen molar-refractivity contribution >= 4 is 38.7 Å². The van der Waals surface area contributed by atoms with Crippen LogP contribution in [0, 0.1) is 0 Å². The van der Waals surface area contributed by atoms with Crippen molar-refractivity contribution in [2.75, 3.05) is 43.4 Å². The molecule has 156 valence electrons. The summed E-state index contributed by atoms with van der Waals surface area (Å²) < 4.78 is 0. The number of anilines is 2. The van der Waals surface area contributed by atoms with Gasteiger partial charge in [0.25, 0.3) is 5.91 Å². The minimum Gasteiger partial charge on any atom is -0.359 e. The lowest BCUT2D eigenvalue weighted by molar-refractivity contribution is 0.103. The molecule has 0 unspecified atom stereocenters. The largest absolute Gasteiger partial charge is 0.359 e. The van der Waals surface area contributed by atoms with Crippen molar-refractivity contribution in [3.8, 4) is 11.1 Å². The number of likely N-dealkylation sites (N-methyl/N-ethyl adjacent to an activating group) is 1. The zero-order chi connectivity index (χ0) is 20.5. The number of hydrogen-bond donors (Lipinski definition) is 1. The lowest BCUT2D eigenvalue weighted by atomic mass is 9.83. The van der Waals surface area contributed by atoms with Gasteiger partial charge in [-0.25, -0.2) is 4.98 Å². The van der Waals surface area contributed by atoms with Gasteiger partial charge in [-0.3, -0.25) is 10.1 Å². The van der Waals surface area contributed by atoms with Crippen LogP contribution in [0.15, 0.2) is 41.8 Å². The molecule has 2 aliphatic rings. The number of benzene rings is 1. The molecule has 7 heteroatoms. The van der Waals surface area contributed by atoms with Gasteiger partial charge in [0.15, 0.2) is 5.13 Å². The molecule has 1 aromatic carbocycles. The molecule has 3 aromatic rings. The Morgan fingerprint density at radius 2 is 1.87 bits per heavy atom. The van der Waals surface area contributed by atoms with E-state index in [1.807, 2.05) is 29.6 Å². The number of thiophene rings is 1. The van der Waals surface area contributed by atoms with Gasteiger partial charge in [-0.15, -0.1) is 11.3 Å². The molecule has 0 spiro atoms. The summed E-state index contributed by atoms with van der Waals surface area (Å²) in [6.45, 7) is 4.19. The zero-order valence-corrected chi connectivity index (χ0v) is 18.8. The smallest absolute Gasteiger partial charge is 0.267 e. The van der Waals surface area contributed by atoms with Crippen LogP contribution in [0.4, 0.5) is 10.1 Å². The van der Waals surface area contributed by atoms with Crippen molar-refractivity contribution < 1.29 is 4.79 Å². The van der Waals surface area contributed by atoms with Crippen molar-refractivity contribution in [3.05, 3.63) is 52.3 Å². The van der Waals surface area contributed by atoms with Crippen LogP contribution in [0.5, 0.6) is 0 Å². The number of aromatic nitrogens is 1. The monoisotopic (exact) mass is 438 g/mol. The second-order valence-electron chi connectivity index (χ2n) is 8.15. The van der Waals surface area contributed by atoms with Crippen LogP contribution in [-0.2, 0) is 0 Å². The van der Waals surface area contributed by atoms with E-state index in [0.717, 1.165) is 47.3 Å². The number of amides is 1. The van der Waals surface area contributed by atoms with E-state index in [0.29, 0.717) is 5.92 Å². The van der Waals surface area contributed by atoms with Gasteiger partial charge in [0, 0.05) is 32.1 Å². The number of carbonyl (C=O) groups excluding carboxylic acids is 1. The summed E-state index contributed by atoms with van der Waals surface area (Å²) in [6.07, 6.45) is 3.70. The average Bonchev–Trinajstić information content (AvgIpc) is 3.36. The maximum atomic E-state index is 12.9. The van der Waals surface area contributed by atoms with Gasteiger partial charge in [-0.05, 0) is 42.5 Å². The number of rotatable bonds is 5. The fourth-order valence-electron chi connectivity index (χ4n) is 3.96. The van der Waals surface area contributed by atoms with Crippen LogP contribution in [-0.4, -0.2) is 49.0 Å². The first-order valence-corrected chi connectivity index (χ1v) is 12.3. The minimum absolute atomic E-state index is 0.0685. The predicted molar refractivity (Wildman–Crippen MR) is 126 cm³/mol.